The van der Waals surface area contributed by atoms with E-state index in [0.717, 1.165) is 12.8 Å². The average molecular weight is 245 g/mol. The Balaban J connectivity index is 2.25. The number of hydrogen-bond donors (Lipinski definition) is 1. The van der Waals surface area contributed by atoms with Gasteiger partial charge in [-0.05, 0) is 40.4 Å². The van der Waals surface area contributed by atoms with E-state index in [-0.39, 0.29) is 5.82 Å². The van der Waals surface area contributed by atoms with Gasteiger partial charge < -0.3 is 5.11 Å². The Morgan fingerprint density at radius 1 is 1.46 bits per heavy atom. The Bertz CT molecular complexity index is 334. The molecule has 1 nitrogen and oxygen atoms in total. The van der Waals surface area contributed by atoms with Crippen LogP contribution in [0.25, 0.3) is 0 Å². The molecule has 0 amide bonds. The van der Waals surface area contributed by atoms with E-state index in [9.17, 15) is 9.50 Å². The molecule has 0 saturated heterocycles. The van der Waals surface area contributed by atoms with Crippen LogP contribution >= 0.6 is 15.9 Å². The molecule has 0 heterocycles. The van der Waals surface area contributed by atoms with Crippen molar-refractivity contribution in [2.75, 3.05) is 0 Å². The zero-order valence-electron chi connectivity index (χ0n) is 7.06. The first kappa shape index (κ1) is 9.16. The molecule has 0 atom stereocenters. The molecule has 0 aliphatic heterocycles. The minimum Gasteiger partial charge on any atom is -0.390 e. The summed E-state index contributed by atoms with van der Waals surface area (Å²) in [7, 11) is 0. The van der Waals surface area contributed by atoms with Crippen molar-refractivity contribution in [3.63, 3.8) is 0 Å². The fourth-order valence-electron chi connectivity index (χ4n) is 1.36. The molecule has 0 spiro atoms. The molecule has 0 aromatic heterocycles. The van der Waals surface area contributed by atoms with Crippen molar-refractivity contribution >= 4 is 15.9 Å². The summed E-state index contributed by atoms with van der Waals surface area (Å²) >= 11 is 3.12. The molecule has 3 heteroatoms. The van der Waals surface area contributed by atoms with E-state index in [0.29, 0.717) is 16.5 Å². The highest BCUT2D eigenvalue weighted by molar-refractivity contribution is 9.10. The molecule has 1 aliphatic carbocycles. The standard InChI is InChI=1S/C10H10BrFO/c11-8-3-1-2-7(9(8)12)6-10(13)4-5-10/h1-3,13H,4-6H2. The highest BCUT2D eigenvalue weighted by Crippen LogP contribution is 2.39. The first-order valence-electron chi connectivity index (χ1n) is 4.26. The van der Waals surface area contributed by atoms with Crippen LogP contribution in [0.5, 0.6) is 0 Å². The lowest BCUT2D eigenvalue weighted by atomic mass is 10.1. The molecule has 1 fully saturated rings. The van der Waals surface area contributed by atoms with Gasteiger partial charge in [0.1, 0.15) is 5.82 Å². The Morgan fingerprint density at radius 2 is 2.15 bits per heavy atom. The fourth-order valence-corrected chi connectivity index (χ4v) is 1.77. The molecule has 70 valence electrons. The van der Waals surface area contributed by atoms with Crippen molar-refractivity contribution in [2.45, 2.75) is 24.9 Å². The van der Waals surface area contributed by atoms with Gasteiger partial charge in [0, 0.05) is 6.42 Å². The molecular weight excluding hydrogens is 235 g/mol. The third kappa shape index (κ3) is 1.92. The SMILES string of the molecule is OC1(Cc2cccc(Br)c2F)CC1. The van der Waals surface area contributed by atoms with E-state index < -0.39 is 5.60 Å². The molecule has 1 aliphatic rings. The molecule has 0 unspecified atom stereocenters. The molecule has 0 bridgehead atoms. The van der Waals surface area contributed by atoms with Crippen LogP contribution in [0.15, 0.2) is 22.7 Å². The summed E-state index contributed by atoms with van der Waals surface area (Å²) < 4.78 is 13.9. The van der Waals surface area contributed by atoms with Gasteiger partial charge in [0.15, 0.2) is 0 Å². The summed E-state index contributed by atoms with van der Waals surface area (Å²) in [4.78, 5) is 0. The lowest BCUT2D eigenvalue weighted by molar-refractivity contribution is 0.149. The molecule has 2 rings (SSSR count). The second-order valence-corrected chi connectivity index (χ2v) is 4.47. The summed E-state index contributed by atoms with van der Waals surface area (Å²) in [6.45, 7) is 0. The second-order valence-electron chi connectivity index (χ2n) is 3.61. The van der Waals surface area contributed by atoms with Gasteiger partial charge in [-0.25, -0.2) is 4.39 Å². The maximum Gasteiger partial charge on any atom is 0.140 e. The molecular formula is C10H10BrFO. The quantitative estimate of drug-likeness (QED) is 0.849. The maximum absolute atomic E-state index is 13.4. The first-order chi connectivity index (χ1) is 6.11. The van der Waals surface area contributed by atoms with Gasteiger partial charge in [-0.3, -0.25) is 0 Å². The van der Waals surface area contributed by atoms with Crippen molar-refractivity contribution in [2.24, 2.45) is 0 Å². The van der Waals surface area contributed by atoms with Crippen molar-refractivity contribution in [3.8, 4) is 0 Å². The minimum atomic E-state index is -0.623. The van der Waals surface area contributed by atoms with Gasteiger partial charge >= 0.3 is 0 Å². The highest BCUT2D eigenvalue weighted by Gasteiger charge is 2.40. The normalized spacial score (nSPS) is 18.7. The van der Waals surface area contributed by atoms with E-state index in [4.69, 9.17) is 0 Å². The average Bonchev–Trinajstić information content (AvgIpc) is 2.78. The number of benzene rings is 1. The van der Waals surface area contributed by atoms with Crippen molar-refractivity contribution in [1.82, 2.24) is 0 Å². The number of hydrogen-bond acceptors (Lipinski definition) is 1. The van der Waals surface area contributed by atoms with Crippen LogP contribution in [0.4, 0.5) is 4.39 Å². The first-order valence-corrected chi connectivity index (χ1v) is 5.05. The minimum absolute atomic E-state index is 0.247. The number of aliphatic hydroxyl groups is 1. The van der Waals surface area contributed by atoms with Crippen LogP contribution in [0.2, 0.25) is 0 Å². The van der Waals surface area contributed by atoms with Gasteiger partial charge in [0.05, 0.1) is 10.1 Å². The Labute approximate surface area is 84.7 Å². The summed E-state index contributed by atoms with van der Waals surface area (Å²) in [5.74, 6) is -0.247. The number of rotatable bonds is 2. The largest absolute Gasteiger partial charge is 0.390 e. The molecule has 13 heavy (non-hydrogen) atoms. The van der Waals surface area contributed by atoms with Crippen LogP contribution in [0, 0.1) is 5.82 Å². The topological polar surface area (TPSA) is 20.2 Å². The van der Waals surface area contributed by atoms with Crippen LogP contribution in [-0.2, 0) is 6.42 Å². The van der Waals surface area contributed by atoms with Gasteiger partial charge in [0.25, 0.3) is 0 Å². The molecule has 1 N–H and O–H groups in total. The Morgan fingerprint density at radius 3 is 2.77 bits per heavy atom. The third-order valence-corrected chi connectivity index (χ3v) is 2.99. The lowest BCUT2D eigenvalue weighted by Crippen LogP contribution is -2.11. The van der Waals surface area contributed by atoms with Crippen LogP contribution in [-0.4, -0.2) is 10.7 Å². The van der Waals surface area contributed by atoms with Gasteiger partial charge in [0.2, 0.25) is 0 Å². The maximum atomic E-state index is 13.4. The van der Waals surface area contributed by atoms with Crippen molar-refractivity contribution in [3.05, 3.63) is 34.1 Å². The summed E-state index contributed by atoms with van der Waals surface area (Å²) in [6, 6.07) is 5.17. The molecule has 1 aromatic carbocycles. The van der Waals surface area contributed by atoms with E-state index in [1.165, 1.54) is 0 Å². The summed E-state index contributed by atoms with van der Waals surface area (Å²) in [5, 5.41) is 9.62. The summed E-state index contributed by atoms with van der Waals surface area (Å²) in [6.07, 6.45) is 2.01. The predicted molar refractivity (Wildman–Crippen MR) is 52.0 cm³/mol. The van der Waals surface area contributed by atoms with E-state index in [2.05, 4.69) is 15.9 Å². The van der Waals surface area contributed by atoms with Gasteiger partial charge in [-0.1, -0.05) is 12.1 Å². The zero-order chi connectivity index (χ0) is 9.47. The molecule has 1 aromatic rings. The Kier molecular flexibility index (Phi) is 2.16. The van der Waals surface area contributed by atoms with Crippen molar-refractivity contribution in [1.29, 1.82) is 0 Å². The number of halogens is 2. The van der Waals surface area contributed by atoms with Crippen LogP contribution in [0.3, 0.4) is 0 Å². The smallest absolute Gasteiger partial charge is 0.140 e. The Hall–Kier alpha value is -0.410. The monoisotopic (exact) mass is 244 g/mol. The van der Waals surface area contributed by atoms with E-state index >= 15 is 0 Å². The van der Waals surface area contributed by atoms with Crippen LogP contribution in [0.1, 0.15) is 18.4 Å². The predicted octanol–water partition coefficient (Wildman–Crippen LogP) is 2.66. The van der Waals surface area contributed by atoms with E-state index in [1.54, 1.807) is 18.2 Å². The van der Waals surface area contributed by atoms with Gasteiger partial charge in [-0.2, -0.15) is 0 Å². The third-order valence-electron chi connectivity index (χ3n) is 2.38. The molecule has 0 radical (unpaired) electrons. The summed E-state index contributed by atoms with van der Waals surface area (Å²) in [5.41, 5.74) is -0.0314. The zero-order valence-corrected chi connectivity index (χ0v) is 8.64. The second kappa shape index (κ2) is 3.07. The van der Waals surface area contributed by atoms with E-state index in [1.807, 2.05) is 0 Å². The molecule has 1 saturated carbocycles. The highest BCUT2D eigenvalue weighted by atomic mass is 79.9. The fraction of sp³-hybridized carbons (Fsp3) is 0.400. The van der Waals surface area contributed by atoms with Crippen molar-refractivity contribution < 1.29 is 9.50 Å². The lowest BCUT2D eigenvalue weighted by Gasteiger charge is -2.08. The van der Waals surface area contributed by atoms with Gasteiger partial charge in [-0.15, -0.1) is 0 Å². The van der Waals surface area contributed by atoms with Crippen LogP contribution < -0.4 is 0 Å².